The minimum Gasteiger partial charge on any atom is -0.294 e. The van der Waals surface area contributed by atoms with Gasteiger partial charge in [-0.25, -0.2) is 0 Å². The average molecular weight is 265 g/mol. The lowest BCUT2D eigenvalue weighted by atomic mass is 9.78. The van der Waals surface area contributed by atoms with Gasteiger partial charge in [-0.3, -0.25) is 4.79 Å². The second-order valence-electron chi connectivity index (χ2n) is 5.51. The van der Waals surface area contributed by atoms with Crippen molar-refractivity contribution in [3.63, 3.8) is 0 Å². The Morgan fingerprint density at radius 2 is 1.89 bits per heavy atom. The SMILES string of the molecule is CCC1CCC(C(=O)c2cc(C)cc(Cl)c2)CC1. The van der Waals surface area contributed by atoms with Gasteiger partial charge in [-0.2, -0.15) is 0 Å². The molecule has 1 nitrogen and oxygen atoms in total. The Morgan fingerprint density at radius 3 is 2.44 bits per heavy atom. The number of aryl methyl sites for hydroxylation is 1. The molecule has 1 aromatic rings. The van der Waals surface area contributed by atoms with Gasteiger partial charge in [0.1, 0.15) is 0 Å². The van der Waals surface area contributed by atoms with Crippen LogP contribution in [0.1, 0.15) is 54.9 Å². The quantitative estimate of drug-likeness (QED) is 0.699. The molecular weight excluding hydrogens is 244 g/mol. The van der Waals surface area contributed by atoms with Crippen molar-refractivity contribution in [1.29, 1.82) is 0 Å². The Kier molecular flexibility index (Phi) is 4.45. The van der Waals surface area contributed by atoms with Crippen molar-refractivity contribution in [2.45, 2.75) is 46.0 Å². The first-order chi connectivity index (χ1) is 8.60. The molecule has 0 N–H and O–H groups in total. The summed E-state index contributed by atoms with van der Waals surface area (Å²) in [5, 5.41) is 0.667. The number of carbonyl (C=O) groups excluding carboxylic acids is 1. The van der Waals surface area contributed by atoms with Crippen LogP contribution in [0.2, 0.25) is 5.02 Å². The normalized spacial score (nSPS) is 23.9. The third kappa shape index (κ3) is 3.14. The van der Waals surface area contributed by atoms with Crippen LogP contribution in [-0.4, -0.2) is 5.78 Å². The van der Waals surface area contributed by atoms with E-state index in [0.29, 0.717) is 5.02 Å². The summed E-state index contributed by atoms with van der Waals surface area (Å²) in [6.07, 6.45) is 5.74. The highest BCUT2D eigenvalue weighted by atomic mass is 35.5. The van der Waals surface area contributed by atoms with Crippen molar-refractivity contribution >= 4 is 17.4 Å². The maximum Gasteiger partial charge on any atom is 0.166 e. The third-order valence-electron chi connectivity index (χ3n) is 4.12. The fourth-order valence-electron chi connectivity index (χ4n) is 2.95. The summed E-state index contributed by atoms with van der Waals surface area (Å²) in [4.78, 5) is 12.4. The number of carbonyl (C=O) groups is 1. The smallest absolute Gasteiger partial charge is 0.166 e. The van der Waals surface area contributed by atoms with Crippen LogP contribution in [0.15, 0.2) is 18.2 Å². The van der Waals surface area contributed by atoms with E-state index in [1.807, 2.05) is 25.1 Å². The van der Waals surface area contributed by atoms with Gasteiger partial charge in [0.15, 0.2) is 5.78 Å². The second-order valence-corrected chi connectivity index (χ2v) is 5.94. The van der Waals surface area contributed by atoms with Crippen molar-refractivity contribution in [3.8, 4) is 0 Å². The van der Waals surface area contributed by atoms with Crippen molar-refractivity contribution < 1.29 is 4.79 Å². The molecule has 0 bridgehead atoms. The van der Waals surface area contributed by atoms with Crippen LogP contribution in [0.5, 0.6) is 0 Å². The molecule has 1 saturated carbocycles. The molecule has 1 fully saturated rings. The molecular formula is C16H21ClO. The van der Waals surface area contributed by atoms with Gasteiger partial charge in [-0.15, -0.1) is 0 Å². The number of Topliss-reactive ketones (excluding diaryl/α,β-unsaturated/α-hetero) is 1. The standard InChI is InChI=1S/C16H21ClO/c1-3-12-4-6-13(7-5-12)16(18)14-8-11(2)9-15(17)10-14/h8-10,12-13H,3-7H2,1-2H3. The lowest BCUT2D eigenvalue weighted by molar-refractivity contribution is 0.0871. The Hall–Kier alpha value is -0.820. The molecule has 98 valence electrons. The van der Waals surface area contributed by atoms with Crippen LogP contribution in [0.25, 0.3) is 0 Å². The summed E-state index contributed by atoms with van der Waals surface area (Å²) in [6, 6.07) is 5.66. The highest BCUT2D eigenvalue weighted by Crippen LogP contribution is 2.33. The van der Waals surface area contributed by atoms with Crippen LogP contribution in [0, 0.1) is 18.8 Å². The molecule has 0 heterocycles. The molecule has 0 aromatic heterocycles. The molecule has 0 atom stereocenters. The van der Waals surface area contributed by atoms with Gasteiger partial charge in [0, 0.05) is 16.5 Å². The molecule has 0 saturated heterocycles. The lowest BCUT2D eigenvalue weighted by Gasteiger charge is -2.26. The third-order valence-corrected chi connectivity index (χ3v) is 4.34. The largest absolute Gasteiger partial charge is 0.294 e. The van der Waals surface area contributed by atoms with E-state index in [0.717, 1.165) is 29.9 Å². The van der Waals surface area contributed by atoms with Crippen molar-refractivity contribution in [3.05, 3.63) is 34.3 Å². The molecule has 18 heavy (non-hydrogen) atoms. The van der Waals surface area contributed by atoms with Crippen LogP contribution in [0.3, 0.4) is 0 Å². The number of rotatable bonds is 3. The summed E-state index contributed by atoms with van der Waals surface area (Å²) in [5.74, 6) is 1.33. The van der Waals surface area contributed by atoms with E-state index in [9.17, 15) is 4.79 Å². The van der Waals surface area contributed by atoms with Crippen LogP contribution >= 0.6 is 11.6 Å². The highest BCUT2D eigenvalue weighted by molar-refractivity contribution is 6.31. The van der Waals surface area contributed by atoms with Crippen molar-refractivity contribution in [1.82, 2.24) is 0 Å². The zero-order chi connectivity index (χ0) is 13.1. The summed E-state index contributed by atoms with van der Waals surface area (Å²) >= 11 is 6.03. The molecule has 2 rings (SSSR count). The van der Waals surface area contributed by atoms with E-state index in [2.05, 4.69) is 6.92 Å². The number of halogens is 1. The molecule has 0 amide bonds. The van der Waals surface area contributed by atoms with Crippen molar-refractivity contribution in [2.75, 3.05) is 0 Å². The van der Waals surface area contributed by atoms with E-state index in [-0.39, 0.29) is 11.7 Å². The number of hydrogen-bond acceptors (Lipinski definition) is 1. The number of ketones is 1. The molecule has 0 radical (unpaired) electrons. The van der Waals surface area contributed by atoms with Gasteiger partial charge in [-0.05, 0) is 62.3 Å². The van der Waals surface area contributed by atoms with E-state index in [4.69, 9.17) is 11.6 Å². The van der Waals surface area contributed by atoms with Crippen LogP contribution < -0.4 is 0 Å². The van der Waals surface area contributed by atoms with E-state index < -0.39 is 0 Å². The van der Waals surface area contributed by atoms with E-state index >= 15 is 0 Å². The maximum absolute atomic E-state index is 12.4. The predicted octanol–water partition coefficient (Wildman–Crippen LogP) is 5.05. The fourth-order valence-corrected chi connectivity index (χ4v) is 3.24. The molecule has 0 unspecified atom stereocenters. The minimum atomic E-state index is 0.214. The summed E-state index contributed by atoms with van der Waals surface area (Å²) < 4.78 is 0. The summed E-state index contributed by atoms with van der Waals surface area (Å²) in [7, 11) is 0. The Balaban J connectivity index is 2.07. The summed E-state index contributed by atoms with van der Waals surface area (Å²) in [5.41, 5.74) is 1.85. The fraction of sp³-hybridized carbons (Fsp3) is 0.562. The highest BCUT2D eigenvalue weighted by Gasteiger charge is 2.26. The first-order valence-electron chi connectivity index (χ1n) is 6.91. The van der Waals surface area contributed by atoms with Crippen LogP contribution in [0.4, 0.5) is 0 Å². The molecule has 0 aliphatic heterocycles. The molecule has 0 spiro atoms. The topological polar surface area (TPSA) is 17.1 Å². The Bertz CT molecular complexity index is 410. The van der Waals surface area contributed by atoms with Gasteiger partial charge in [0.2, 0.25) is 0 Å². The monoisotopic (exact) mass is 264 g/mol. The first-order valence-corrected chi connectivity index (χ1v) is 7.29. The Labute approximate surface area is 115 Å². The predicted molar refractivity (Wildman–Crippen MR) is 76.3 cm³/mol. The van der Waals surface area contributed by atoms with E-state index in [1.165, 1.54) is 19.3 Å². The zero-order valence-corrected chi connectivity index (χ0v) is 12.0. The van der Waals surface area contributed by atoms with E-state index in [1.54, 1.807) is 0 Å². The zero-order valence-electron chi connectivity index (χ0n) is 11.2. The van der Waals surface area contributed by atoms with Gasteiger partial charge in [0.25, 0.3) is 0 Å². The Morgan fingerprint density at radius 1 is 1.22 bits per heavy atom. The van der Waals surface area contributed by atoms with Crippen LogP contribution in [-0.2, 0) is 0 Å². The maximum atomic E-state index is 12.4. The summed E-state index contributed by atoms with van der Waals surface area (Å²) in [6.45, 7) is 4.23. The van der Waals surface area contributed by atoms with Gasteiger partial charge >= 0.3 is 0 Å². The second kappa shape index (κ2) is 5.88. The molecule has 1 aliphatic rings. The van der Waals surface area contributed by atoms with Gasteiger partial charge < -0.3 is 0 Å². The molecule has 1 aliphatic carbocycles. The molecule has 1 aromatic carbocycles. The first kappa shape index (κ1) is 13.6. The average Bonchev–Trinajstić information content (AvgIpc) is 2.37. The lowest BCUT2D eigenvalue weighted by Crippen LogP contribution is -2.21. The minimum absolute atomic E-state index is 0.214. The van der Waals surface area contributed by atoms with Crippen molar-refractivity contribution in [2.24, 2.45) is 11.8 Å². The number of benzene rings is 1. The number of hydrogen-bond donors (Lipinski definition) is 0. The molecule has 2 heteroatoms. The van der Waals surface area contributed by atoms with Gasteiger partial charge in [0.05, 0.1) is 0 Å². The van der Waals surface area contributed by atoms with Gasteiger partial charge in [-0.1, -0.05) is 24.9 Å².